The fraction of sp³-hybridized carbons (Fsp3) is 0.375. The van der Waals surface area contributed by atoms with E-state index in [1.807, 2.05) is 0 Å². The molecule has 0 aliphatic carbocycles. The number of carbonyl (C=O) groups excluding carboxylic acids is 1. The Kier molecular flexibility index (Phi) is 3.35. The first-order chi connectivity index (χ1) is 6.63. The van der Waals surface area contributed by atoms with Crippen molar-refractivity contribution in [1.82, 2.24) is 9.55 Å². The van der Waals surface area contributed by atoms with E-state index in [0.29, 0.717) is 0 Å². The molecule has 3 N–H and O–H groups in total. The topological polar surface area (TPSA) is 97.9 Å². The van der Waals surface area contributed by atoms with Crippen molar-refractivity contribution in [1.29, 1.82) is 0 Å². The Morgan fingerprint density at radius 3 is 2.79 bits per heavy atom. The number of nitrogens with zero attached hydrogens (tertiary/aromatic N) is 1. The number of carbonyl (C=O) groups is 1. The Hall–Kier alpha value is -1.69. The van der Waals surface area contributed by atoms with Crippen LogP contribution in [0.15, 0.2) is 21.9 Å². The van der Waals surface area contributed by atoms with E-state index >= 15 is 0 Å². The minimum Gasteiger partial charge on any atom is -0.330 e. The lowest BCUT2D eigenvalue weighted by atomic mass is 10.3. The zero-order valence-electron chi connectivity index (χ0n) is 7.53. The van der Waals surface area contributed by atoms with Crippen molar-refractivity contribution in [2.45, 2.75) is 13.0 Å². The molecule has 6 nitrogen and oxygen atoms in total. The standard InChI is InChI=1S/C8H11N3O3/c9-3-1-6(12)5-11-4-2-7(13)10-8(11)14/h2,4H,1,3,5,9H2,(H,10,13,14). The third-order valence-corrected chi connectivity index (χ3v) is 1.67. The predicted octanol–water partition coefficient (Wildman–Crippen LogP) is -1.55. The molecule has 0 bridgehead atoms. The van der Waals surface area contributed by atoms with Gasteiger partial charge in [0.25, 0.3) is 5.56 Å². The van der Waals surface area contributed by atoms with Gasteiger partial charge >= 0.3 is 5.69 Å². The van der Waals surface area contributed by atoms with Crippen LogP contribution in [0.4, 0.5) is 0 Å². The lowest BCUT2D eigenvalue weighted by molar-refractivity contribution is -0.119. The molecule has 0 amide bonds. The summed E-state index contributed by atoms with van der Waals surface area (Å²) in [6, 6.07) is 1.19. The highest BCUT2D eigenvalue weighted by molar-refractivity contribution is 5.78. The molecule has 1 aromatic heterocycles. The number of aromatic nitrogens is 2. The molecule has 1 rings (SSSR count). The van der Waals surface area contributed by atoms with Crippen molar-refractivity contribution in [3.63, 3.8) is 0 Å². The number of Topliss-reactive ketones (excluding diaryl/α,β-unsaturated/α-hetero) is 1. The van der Waals surface area contributed by atoms with Gasteiger partial charge in [-0.1, -0.05) is 0 Å². The Bertz CT molecular complexity index is 432. The van der Waals surface area contributed by atoms with E-state index in [-0.39, 0.29) is 25.3 Å². The van der Waals surface area contributed by atoms with Gasteiger partial charge in [0.15, 0.2) is 5.78 Å². The number of nitrogens with one attached hydrogen (secondary N) is 1. The summed E-state index contributed by atoms with van der Waals surface area (Å²) in [6.45, 7) is 0.212. The maximum Gasteiger partial charge on any atom is 0.328 e. The molecular formula is C8H11N3O3. The van der Waals surface area contributed by atoms with Gasteiger partial charge in [-0.15, -0.1) is 0 Å². The molecule has 0 fully saturated rings. The van der Waals surface area contributed by atoms with Crippen molar-refractivity contribution in [2.75, 3.05) is 6.54 Å². The molecule has 0 aliphatic heterocycles. The van der Waals surface area contributed by atoms with E-state index in [2.05, 4.69) is 4.98 Å². The first-order valence-electron chi connectivity index (χ1n) is 4.15. The molecule has 0 atom stereocenters. The van der Waals surface area contributed by atoms with Crippen LogP contribution in [-0.4, -0.2) is 21.9 Å². The molecule has 0 spiro atoms. The molecule has 1 aromatic rings. The van der Waals surface area contributed by atoms with Crippen LogP contribution in [0.2, 0.25) is 0 Å². The summed E-state index contributed by atoms with van der Waals surface area (Å²) < 4.78 is 1.14. The fourth-order valence-corrected chi connectivity index (χ4v) is 0.999. The van der Waals surface area contributed by atoms with Crippen LogP contribution in [0.25, 0.3) is 0 Å². The zero-order chi connectivity index (χ0) is 10.6. The second-order valence-corrected chi connectivity index (χ2v) is 2.82. The Morgan fingerprint density at radius 2 is 2.21 bits per heavy atom. The van der Waals surface area contributed by atoms with E-state index in [4.69, 9.17) is 5.73 Å². The van der Waals surface area contributed by atoms with Gasteiger partial charge in [0.05, 0.1) is 6.54 Å². The fourth-order valence-electron chi connectivity index (χ4n) is 0.999. The highest BCUT2D eigenvalue weighted by Gasteiger charge is 2.03. The number of ketones is 1. The van der Waals surface area contributed by atoms with Gasteiger partial charge in [-0.2, -0.15) is 0 Å². The Morgan fingerprint density at radius 1 is 1.50 bits per heavy atom. The first kappa shape index (κ1) is 10.4. The van der Waals surface area contributed by atoms with Gasteiger partial charge < -0.3 is 5.73 Å². The van der Waals surface area contributed by atoms with Crippen LogP contribution in [0.5, 0.6) is 0 Å². The zero-order valence-corrected chi connectivity index (χ0v) is 7.53. The Balaban J connectivity index is 2.82. The largest absolute Gasteiger partial charge is 0.330 e. The van der Waals surface area contributed by atoms with Crippen molar-refractivity contribution >= 4 is 5.78 Å². The molecular weight excluding hydrogens is 186 g/mol. The number of hydrogen-bond acceptors (Lipinski definition) is 4. The van der Waals surface area contributed by atoms with Crippen molar-refractivity contribution < 1.29 is 4.79 Å². The smallest absolute Gasteiger partial charge is 0.328 e. The minimum absolute atomic E-state index is 0.0488. The summed E-state index contributed by atoms with van der Waals surface area (Å²) in [4.78, 5) is 35.0. The van der Waals surface area contributed by atoms with E-state index < -0.39 is 11.2 Å². The molecule has 0 saturated heterocycles. The van der Waals surface area contributed by atoms with Crippen LogP contribution in [-0.2, 0) is 11.3 Å². The predicted molar refractivity (Wildman–Crippen MR) is 50.0 cm³/mol. The lowest BCUT2D eigenvalue weighted by Gasteiger charge is -2.01. The van der Waals surface area contributed by atoms with E-state index in [1.54, 1.807) is 0 Å². The van der Waals surface area contributed by atoms with Crippen LogP contribution in [0.3, 0.4) is 0 Å². The first-order valence-corrected chi connectivity index (χ1v) is 4.15. The number of rotatable bonds is 4. The molecule has 76 valence electrons. The van der Waals surface area contributed by atoms with Gasteiger partial charge in [0.2, 0.25) is 0 Å². The maximum absolute atomic E-state index is 11.1. The molecule has 0 aliphatic rings. The molecule has 0 radical (unpaired) electrons. The van der Waals surface area contributed by atoms with Crippen LogP contribution in [0.1, 0.15) is 6.42 Å². The minimum atomic E-state index is -0.581. The second-order valence-electron chi connectivity index (χ2n) is 2.82. The van der Waals surface area contributed by atoms with Gasteiger partial charge in [-0.3, -0.25) is 19.1 Å². The van der Waals surface area contributed by atoms with Crippen molar-refractivity contribution in [3.05, 3.63) is 33.1 Å². The third-order valence-electron chi connectivity index (χ3n) is 1.67. The summed E-state index contributed by atoms with van der Waals surface area (Å²) in [7, 11) is 0. The Labute approximate surface area is 79.4 Å². The molecule has 1 heterocycles. The average Bonchev–Trinajstić information content (AvgIpc) is 2.10. The quantitative estimate of drug-likeness (QED) is 0.610. The molecule has 14 heavy (non-hydrogen) atoms. The highest BCUT2D eigenvalue weighted by Crippen LogP contribution is 1.84. The van der Waals surface area contributed by atoms with E-state index in [1.165, 1.54) is 12.3 Å². The number of aromatic amines is 1. The van der Waals surface area contributed by atoms with E-state index in [9.17, 15) is 14.4 Å². The summed E-state index contributed by atoms with van der Waals surface area (Å²) in [5, 5.41) is 0. The number of nitrogens with two attached hydrogens (primary N) is 1. The summed E-state index contributed by atoms with van der Waals surface area (Å²) in [5.41, 5.74) is 4.12. The highest BCUT2D eigenvalue weighted by atomic mass is 16.2. The monoisotopic (exact) mass is 197 g/mol. The molecule has 0 aromatic carbocycles. The van der Waals surface area contributed by atoms with Crippen molar-refractivity contribution in [3.8, 4) is 0 Å². The average molecular weight is 197 g/mol. The number of hydrogen-bond donors (Lipinski definition) is 2. The van der Waals surface area contributed by atoms with Gasteiger partial charge in [-0.25, -0.2) is 4.79 Å². The van der Waals surface area contributed by atoms with Crippen molar-refractivity contribution in [2.24, 2.45) is 5.73 Å². The van der Waals surface area contributed by atoms with Gasteiger partial charge in [-0.05, 0) is 6.54 Å². The second kappa shape index (κ2) is 4.52. The van der Waals surface area contributed by atoms with Crippen LogP contribution in [0, 0.1) is 0 Å². The molecule has 0 saturated carbocycles. The SMILES string of the molecule is NCCC(=O)Cn1ccc(=O)[nH]c1=O. The van der Waals surface area contributed by atoms with Crippen LogP contribution < -0.4 is 17.0 Å². The van der Waals surface area contributed by atoms with Crippen LogP contribution >= 0.6 is 0 Å². The summed E-state index contributed by atoms with van der Waals surface area (Å²) in [5.74, 6) is -0.137. The lowest BCUT2D eigenvalue weighted by Crippen LogP contribution is -2.31. The molecule has 6 heteroatoms. The third kappa shape index (κ3) is 2.67. The van der Waals surface area contributed by atoms with Gasteiger partial charge in [0, 0.05) is 18.7 Å². The molecule has 0 unspecified atom stereocenters. The number of H-pyrrole nitrogens is 1. The van der Waals surface area contributed by atoms with Gasteiger partial charge in [0.1, 0.15) is 0 Å². The van der Waals surface area contributed by atoms with E-state index in [0.717, 1.165) is 4.57 Å². The normalized spacial score (nSPS) is 10.1. The maximum atomic E-state index is 11.1. The summed E-state index contributed by atoms with van der Waals surface area (Å²) >= 11 is 0. The summed E-state index contributed by atoms with van der Waals surface area (Å²) in [6.07, 6.45) is 1.52.